The standard InChI is InChI=1S/C6H8N2OS/c1-4-3-10-6(7)5(4)2-8-9/h3H,2,7H2,1H3. The van der Waals surface area contributed by atoms with Gasteiger partial charge in [-0.25, -0.2) is 0 Å². The average molecular weight is 156 g/mol. The largest absolute Gasteiger partial charge is 0.390 e. The van der Waals surface area contributed by atoms with E-state index in [9.17, 15) is 4.91 Å². The molecule has 0 bridgehead atoms. The Morgan fingerprint density at radius 3 is 2.90 bits per heavy atom. The van der Waals surface area contributed by atoms with Crippen LogP contribution in [0.4, 0.5) is 5.00 Å². The molecule has 0 radical (unpaired) electrons. The van der Waals surface area contributed by atoms with E-state index in [0.29, 0.717) is 5.00 Å². The molecule has 0 atom stereocenters. The number of nitroso groups, excluding NO2 is 1. The Hall–Kier alpha value is -0.900. The first-order valence-electron chi connectivity index (χ1n) is 2.87. The van der Waals surface area contributed by atoms with E-state index >= 15 is 0 Å². The van der Waals surface area contributed by atoms with E-state index < -0.39 is 0 Å². The summed E-state index contributed by atoms with van der Waals surface area (Å²) in [7, 11) is 0. The fourth-order valence-electron chi connectivity index (χ4n) is 0.756. The molecule has 54 valence electrons. The SMILES string of the molecule is Cc1csc(N)c1CN=O. The third-order valence-electron chi connectivity index (χ3n) is 1.36. The summed E-state index contributed by atoms with van der Waals surface area (Å²) in [6, 6.07) is 0. The summed E-state index contributed by atoms with van der Waals surface area (Å²) in [6.45, 7) is 2.12. The van der Waals surface area contributed by atoms with Crippen molar-refractivity contribution in [2.24, 2.45) is 5.18 Å². The van der Waals surface area contributed by atoms with Gasteiger partial charge in [-0.3, -0.25) is 0 Å². The first-order chi connectivity index (χ1) is 4.75. The zero-order valence-corrected chi connectivity index (χ0v) is 6.44. The molecule has 0 aromatic carbocycles. The van der Waals surface area contributed by atoms with E-state index in [4.69, 9.17) is 5.73 Å². The van der Waals surface area contributed by atoms with Crippen molar-refractivity contribution in [3.8, 4) is 0 Å². The molecule has 4 heteroatoms. The fourth-order valence-corrected chi connectivity index (χ4v) is 1.57. The van der Waals surface area contributed by atoms with E-state index in [1.807, 2.05) is 12.3 Å². The summed E-state index contributed by atoms with van der Waals surface area (Å²) in [6.07, 6.45) is 0. The molecule has 0 spiro atoms. The molecule has 1 rings (SSSR count). The van der Waals surface area contributed by atoms with Gasteiger partial charge in [-0.2, -0.15) is 4.91 Å². The van der Waals surface area contributed by atoms with Crippen molar-refractivity contribution >= 4 is 16.3 Å². The Morgan fingerprint density at radius 2 is 2.50 bits per heavy atom. The van der Waals surface area contributed by atoms with Crippen molar-refractivity contribution in [3.63, 3.8) is 0 Å². The maximum atomic E-state index is 9.88. The number of anilines is 1. The van der Waals surface area contributed by atoms with Crippen molar-refractivity contribution in [2.45, 2.75) is 13.5 Å². The van der Waals surface area contributed by atoms with Crippen molar-refractivity contribution in [1.29, 1.82) is 0 Å². The maximum absolute atomic E-state index is 9.88. The summed E-state index contributed by atoms with van der Waals surface area (Å²) in [5.41, 5.74) is 7.48. The number of hydrogen-bond acceptors (Lipinski definition) is 4. The highest BCUT2D eigenvalue weighted by Gasteiger charge is 2.03. The van der Waals surface area contributed by atoms with E-state index in [1.54, 1.807) is 0 Å². The van der Waals surface area contributed by atoms with Crippen LogP contribution in [0.5, 0.6) is 0 Å². The molecule has 1 heterocycles. The summed E-state index contributed by atoms with van der Waals surface area (Å²) < 4.78 is 0. The van der Waals surface area contributed by atoms with Crippen LogP contribution in [0.25, 0.3) is 0 Å². The van der Waals surface area contributed by atoms with Gasteiger partial charge in [-0.1, -0.05) is 5.18 Å². The molecule has 0 aliphatic rings. The number of hydrogen-bond donors (Lipinski definition) is 1. The van der Waals surface area contributed by atoms with E-state index in [-0.39, 0.29) is 6.54 Å². The second-order valence-corrected chi connectivity index (χ2v) is 2.96. The normalized spacial score (nSPS) is 9.70. The van der Waals surface area contributed by atoms with E-state index in [1.165, 1.54) is 11.3 Å². The first kappa shape index (κ1) is 7.21. The molecule has 0 aliphatic heterocycles. The lowest BCUT2D eigenvalue weighted by Gasteiger charge is -1.92. The van der Waals surface area contributed by atoms with Gasteiger partial charge in [0.2, 0.25) is 0 Å². The molecule has 10 heavy (non-hydrogen) atoms. The Kier molecular flexibility index (Phi) is 2.01. The van der Waals surface area contributed by atoms with Crippen molar-refractivity contribution in [1.82, 2.24) is 0 Å². The van der Waals surface area contributed by atoms with Crippen LogP contribution >= 0.6 is 11.3 Å². The lowest BCUT2D eigenvalue weighted by atomic mass is 10.2. The van der Waals surface area contributed by atoms with Crippen LogP contribution < -0.4 is 5.73 Å². The molecule has 0 fully saturated rings. The number of thiophene rings is 1. The number of nitrogen functional groups attached to an aromatic ring is 1. The van der Waals surface area contributed by atoms with Crippen LogP contribution in [0.2, 0.25) is 0 Å². The second kappa shape index (κ2) is 2.79. The number of aryl methyl sites for hydroxylation is 1. The van der Waals surface area contributed by atoms with Crippen LogP contribution in [0, 0.1) is 11.8 Å². The number of nitrogens with two attached hydrogens (primary N) is 1. The first-order valence-corrected chi connectivity index (χ1v) is 3.75. The van der Waals surface area contributed by atoms with Crippen molar-refractivity contribution < 1.29 is 0 Å². The molecule has 2 N–H and O–H groups in total. The predicted molar refractivity (Wildman–Crippen MR) is 43.0 cm³/mol. The minimum absolute atomic E-state index is 0.196. The topological polar surface area (TPSA) is 55.4 Å². The molecule has 1 aromatic heterocycles. The molecule has 0 unspecified atom stereocenters. The average Bonchev–Trinajstić information content (AvgIpc) is 2.20. The number of rotatable bonds is 2. The van der Waals surface area contributed by atoms with Gasteiger partial charge in [0, 0.05) is 5.56 Å². The Balaban J connectivity index is 2.97. The maximum Gasteiger partial charge on any atom is 0.109 e. The van der Waals surface area contributed by atoms with E-state index in [0.717, 1.165) is 11.1 Å². The monoisotopic (exact) mass is 156 g/mol. The van der Waals surface area contributed by atoms with Crippen LogP contribution in [-0.4, -0.2) is 0 Å². The zero-order valence-electron chi connectivity index (χ0n) is 5.63. The molecule has 3 nitrogen and oxygen atoms in total. The van der Waals surface area contributed by atoms with Gasteiger partial charge in [-0.15, -0.1) is 11.3 Å². The summed E-state index contributed by atoms with van der Waals surface area (Å²) in [4.78, 5) is 9.88. The van der Waals surface area contributed by atoms with E-state index in [2.05, 4.69) is 5.18 Å². The van der Waals surface area contributed by atoms with Crippen molar-refractivity contribution in [3.05, 3.63) is 21.4 Å². The summed E-state index contributed by atoms with van der Waals surface area (Å²) in [5, 5.41) is 5.41. The predicted octanol–water partition coefficient (Wildman–Crippen LogP) is 1.91. The summed E-state index contributed by atoms with van der Waals surface area (Å²) >= 11 is 1.45. The van der Waals surface area contributed by atoms with Gasteiger partial charge in [0.25, 0.3) is 0 Å². The molecular formula is C6H8N2OS. The van der Waals surface area contributed by atoms with Gasteiger partial charge in [-0.05, 0) is 17.9 Å². The van der Waals surface area contributed by atoms with Crippen LogP contribution in [-0.2, 0) is 6.54 Å². The highest BCUT2D eigenvalue weighted by atomic mass is 32.1. The Labute approximate surface area is 62.8 Å². The molecule has 0 aliphatic carbocycles. The van der Waals surface area contributed by atoms with Gasteiger partial charge in [0.15, 0.2) is 0 Å². The number of nitrogens with zero attached hydrogens (tertiary/aromatic N) is 1. The zero-order chi connectivity index (χ0) is 7.56. The van der Waals surface area contributed by atoms with Gasteiger partial charge >= 0.3 is 0 Å². The van der Waals surface area contributed by atoms with Crippen LogP contribution in [0.3, 0.4) is 0 Å². The van der Waals surface area contributed by atoms with Crippen molar-refractivity contribution in [2.75, 3.05) is 5.73 Å². The minimum atomic E-state index is 0.196. The second-order valence-electron chi connectivity index (χ2n) is 2.05. The van der Waals surface area contributed by atoms with Gasteiger partial charge < -0.3 is 5.73 Å². The lowest BCUT2D eigenvalue weighted by Crippen LogP contribution is -1.87. The highest BCUT2D eigenvalue weighted by Crippen LogP contribution is 2.24. The lowest BCUT2D eigenvalue weighted by molar-refractivity contribution is 1.05. The fraction of sp³-hybridized carbons (Fsp3) is 0.333. The molecule has 1 aromatic rings. The smallest absolute Gasteiger partial charge is 0.109 e. The molecule has 0 amide bonds. The van der Waals surface area contributed by atoms with Crippen LogP contribution in [0.15, 0.2) is 10.6 Å². The molecular weight excluding hydrogens is 148 g/mol. The Bertz CT molecular complexity index is 224. The third kappa shape index (κ3) is 1.16. The Morgan fingerprint density at radius 1 is 1.80 bits per heavy atom. The molecule has 0 saturated heterocycles. The minimum Gasteiger partial charge on any atom is -0.390 e. The summed E-state index contributed by atoms with van der Waals surface area (Å²) in [5.74, 6) is 0. The highest BCUT2D eigenvalue weighted by molar-refractivity contribution is 7.14. The quantitative estimate of drug-likeness (QED) is 0.665. The van der Waals surface area contributed by atoms with Crippen LogP contribution in [0.1, 0.15) is 11.1 Å². The third-order valence-corrected chi connectivity index (χ3v) is 2.33. The molecule has 0 saturated carbocycles. The van der Waals surface area contributed by atoms with Gasteiger partial charge in [0.1, 0.15) is 6.54 Å². The van der Waals surface area contributed by atoms with Gasteiger partial charge in [0.05, 0.1) is 5.00 Å².